The molecule has 0 aliphatic rings. The Morgan fingerprint density at radius 2 is 1.69 bits per heavy atom. The van der Waals surface area contributed by atoms with Gasteiger partial charge in [-0.25, -0.2) is 0 Å². The maximum Gasteiger partial charge on any atom is 0.142 e. The van der Waals surface area contributed by atoms with Gasteiger partial charge in [-0.05, 0) is 42.5 Å². The molecule has 1 aromatic heterocycles. The van der Waals surface area contributed by atoms with E-state index in [1.165, 1.54) is 0 Å². The van der Waals surface area contributed by atoms with Crippen LogP contribution in [0.4, 0.5) is 0 Å². The topological polar surface area (TPSA) is 78.4 Å². The number of fused-ring (bicyclic) bond motifs is 5. The van der Waals surface area contributed by atoms with Crippen molar-refractivity contribution in [3.05, 3.63) is 72.3 Å². The number of ether oxygens (including phenoxy) is 1. The molecular formula is C24H16N2O3. The van der Waals surface area contributed by atoms with Crippen molar-refractivity contribution < 1.29 is 14.9 Å². The average molecular weight is 380 g/mol. The number of hydrogen-bond donors (Lipinski definition) is 2. The third kappa shape index (κ3) is 2.26. The second-order valence-corrected chi connectivity index (χ2v) is 6.81. The van der Waals surface area contributed by atoms with Crippen molar-refractivity contribution in [1.29, 1.82) is 5.26 Å². The lowest BCUT2D eigenvalue weighted by Crippen LogP contribution is -1.95. The zero-order chi connectivity index (χ0) is 20.1. The first-order valence-electron chi connectivity index (χ1n) is 9.10. The monoisotopic (exact) mass is 380 g/mol. The maximum atomic E-state index is 10.9. The summed E-state index contributed by atoms with van der Waals surface area (Å²) in [5, 5.41) is 33.8. The number of aromatic hydroxyl groups is 2. The smallest absolute Gasteiger partial charge is 0.142 e. The van der Waals surface area contributed by atoms with E-state index in [-0.39, 0.29) is 17.1 Å². The summed E-state index contributed by atoms with van der Waals surface area (Å²) in [6.07, 6.45) is 0. The normalized spacial score (nSPS) is 11.2. The Morgan fingerprint density at radius 3 is 2.41 bits per heavy atom. The first-order chi connectivity index (χ1) is 14.2. The summed E-state index contributed by atoms with van der Waals surface area (Å²) in [6, 6.07) is 22.6. The number of nitriles is 1. The number of hydrogen-bond acceptors (Lipinski definition) is 4. The number of benzene rings is 4. The number of aromatic nitrogens is 1. The van der Waals surface area contributed by atoms with Gasteiger partial charge < -0.3 is 19.5 Å². The predicted octanol–water partition coefficient (Wildman–Crippen LogP) is 5.23. The van der Waals surface area contributed by atoms with Gasteiger partial charge in [0.05, 0.1) is 23.5 Å². The molecule has 0 unspecified atom stereocenters. The molecule has 5 aromatic rings. The second kappa shape index (κ2) is 6.18. The van der Waals surface area contributed by atoms with E-state index in [2.05, 4.69) is 6.07 Å². The summed E-state index contributed by atoms with van der Waals surface area (Å²) in [4.78, 5) is 0. The average Bonchev–Trinajstić information content (AvgIpc) is 3.11. The van der Waals surface area contributed by atoms with E-state index in [4.69, 9.17) is 4.74 Å². The molecule has 0 saturated carbocycles. The van der Waals surface area contributed by atoms with Gasteiger partial charge in [0.1, 0.15) is 28.9 Å². The van der Waals surface area contributed by atoms with Crippen molar-refractivity contribution in [2.75, 3.05) is 7.11 Å². The van der Waals surface area contributed by atoms with Crippen molar-refractivity contribution in [1.82, 2.24) is 4.57 Å². The molecule has 0 aliphatic heterocycles. The van der Waals surface area contributed by atoms with Crippen LogP contribution in [-0.4, -0.2) is 21.9 Å². The summed E-state index contributed by atoms with van der Waals surface area (Å²) in [5.74, 6) is 0.525. The van der Waals surface area contributed by atoms with Crippen LogP contribution in [0.15, 0.2) is 66.7 Å². The van der Waals surface area contributed by atoms with E-state index in [0.29, 0.717) is 21.9 Å². The van der Waals surface area contributed by atoms with Gasteiger partial charge in [-0.3, -0.25) is 0 Å². The van der Waals surface area contributed by atoms with E-state index < -0.39 is 0 Å². The van der Waals surface area contributed by atoms with Crippen molar-refractivity contribution in [2.24, 2.45) is 0 Å². The Morgan fingerprint density at radius 1 is 0.897 bits per heavy atom. The molecule has 0 spiro atoms. The van der Waals surface area contributed by atoms with E-state index in [0.717, 1.165) is 22.1 Å². The molecule has 140 valence electrons. The van der Waals surface area contributed by atoms with Gasteiger partial charge in [0.25, 0.3) is 0 Å². The van der Waals surface area contributed by atoms with Crippen LogP contribution in [-0.2, 0) is 0 Å². The number of methoxy groups -OCH3 is 1. The zero-order valence-corrected chi connectivity index (χ0v) is 15.5. The van der Waals surface area contributed by atoms with E-state index >= 15 is 0 Å². The van der Waals surface area contributed by atoms with Gasteiger partial charge in [-0.2, -0.15) is 5.26 Å². The number of nitrogens with zero attached hydrogens (tertiary/aromatic N) is 2. The number of phenolic OH excluding ortho intramolecular Hbond substituents is 2. The Bertz CT molecular complexity index is 1460. The highest BCUT2D eigenvalue weighted by Crippen LogP contribution is 2.46. The van der Waals surface area contributed by atoms with Crippen LogP contribution in [0.1, 0.15) is 5.56 Å². The molecule has 5 rings (SSSR count). The highest BCUT2D eigenvalue weighted by atomic mass is 16.5. The summed E-state index contributed by atoms with van der Waals surface area (Å²) < 4.78 is 7.33. The lowest BCUT2D eigenvalue weighted by Gasteiger charge is -2.12. The van der Waals surface area contributed by atoms with Crippen LogP contribution < -0.4 is 4.74 Å². The van der Waals surface area contributed by atoms with Crippen molar-refractivity contribution in [3.8, 4) is 29.0 Å². The summed E-state index contributed by atoms with van der Waals surface area (Å²) >= 11 is 0. The van der Waals surface area contributed by atoms with Gasteiger partial charge in [0.15, 0.2) is 0 Å². The minimum Gasteiger partial charge on any atom is -0.507 e. The molecule has 4 aromatic carbocycles. The Kier molecular flexibility index (Phi) is 3.62. The fourth-order valence-electron chi connectivity index (χ4n) is 4.08. The van der Waals surface area contributed by atoms with Crippen LogP contribution in [0.25, 0.3) is 38.3 Å². The van der Waals surface area contributed by atoms with Gasteiger partial charge in [-0.1, -0.05) is 24.3 Å². The fourth-order valence-corrected chi connectivity index (χ4v) is 4.08. The fraction of sp³-hybridized carbons (Fsp3) is 0.0417. The summed E-state index contributed by atoms with van der Waals surface area (Å²) in [7, 11) is 1.56. The molecule has 0 saturated heterocycles. The van der Waals surface area contributed by atoms with Crippen LogP contribution in [0.2, 0.25) is 0 Å². The summed E-state index contributed by atoms with van der Waals surface area (Å²) in [6.45, 7) is 0. The quantitative estimate of drug-likeness (QED) is 0.440. The lowest BCUT2D eigenvalue weighted by atomic mass is 9.98. The zero-order valence-electron chi connectivity index (χ0n) is 15.5. The number of rotatable bonds is 2. The third-order valence-corrected chi connectivity index (χ3v) is 5.32. The van der Waals surface area contributed by atoms with Crippen LogP contribution in [0, 0.1) is 11.3 Å². The Hall–Kier alpha value is -4.17. The van der Waals surface area contributed by atoms with Gasteiger partial charge in [0, 0.05) is 21.8 Å². The van der Waals surface area contributed by atoms with E-state index in [9.17, 15) is 15.5 Å². The maximum absolute atomic E-state index is 10.9. The van der Waals surface area contributed by atoms with Crippen LogP contribution >= 0.6 is 0 Å². The van der Waals surface area contributed by atoms with Crippen LogP contribution in [0.3, 0.4) is 0 Å². The Labute approximate surface area is 166 Å². The molecule has 0 bridgehead atoms. The molecule has 5 nitrogen and oxygen atoms in total. The second-order valence-electron chi connectivity index (χ2n) is 6.81. The van der Waals surface area contributed by atoms with E-state index in [1.807, 2.05) is 53.1 Å². The molecule has 29 heavy (non-hydrogen) atoms. The SMILES string of the molecule is COc1ccc2c(c1)c(O)c(C#N)c1c3c(O)cccc3n(-c3ccccc3)c21. The molecule has 0 atom stereocenters. The standard InChI is InChI=1S/C24H16N2O3/c1-29-15-10-11-16-17(12-15)24(28)18(13-25)21-22-19(8-5-9-20(22)27)26(23(16)21)14-6-3-2-4-7-14/h2-12,27-28H,1H3. The minimum absolute atomic E-state index is 0.0611. The van der Waals surface area contributed by atoms with Gasteiger partial charge in [0.2, 0.25) is 0 Å². The van der Waals surface area contributed by atoms with Gasteiger partial charge in [-0.15, -0.1) is 0 Å². The molecular weight excluding hydrogens is 364 g/mol. The summed E-state index contributed by atoms with van der Waals surface area (Å²) in [5.41, 5.74) is 2.52. The Balaban J connectivity index is 2.15. The largest absolute Gasteiger partial charge is 0.507 e. The van der Waals surface area contributed by atoms with Crippen molar-refractivity contribution in [2.45, 2.75) is 0 Å². The molecule has 1 heterocycles. The number of para-hydroxylation sites is 1. The van der Waals surface area contributed by atoms with Crippen molar-refractivity contribution in [3.63, 3.8) is 0 Å². The molecule has 0 radical (unpaired) electrons. The molecule has 5 heteroatoms. The first-order valence-corrected chi connectivity index (χ1v) is 9.10. The number of phenols is 2. The highest BCUT2D eigenvalue weighted by molar-refractivity contribution is 6.24. The highest BCUT2D eigenvalue weighted by Gasteiger charge is 2.24. The van der Waals surface area contributed by atoms with Crippen LogP contribution in [0.5, 0.6) is 17.2 Å². The van der Waals surface area contributed by atoms with Gasteiger partial charge >= 0.3 is 0 Å². The van der Waals surface area contributed by atoms with E-state index in [1.54, 1.807) is 25.3 Å². The van der Waals surface area contributed by atoms with Crippen molar-refractivity contribution >= 4 is 32.6 Å². The molecule has 2 N–H and O–H groups in total. The predicted molar refractivity (Wildman–Crippen MR) is 113 cm³/mol. The third-order valence-electron chi connectivity index (χ3n) is 5.32. The lowest BCUT2D eigenvalue weighted by molar-refractivity contribution is 0.415. The molecule has 0 fully saturated rings. The molecule has 0 aliphatic carbocycles. The minimum atomic E-state index is -0.121. The first kappa shape index (κ1) is 17.0. The molecule has 0 amide bonds.